The Hall–Kier alpha value is -4.03. The Morgan fingerprint density at radius 1 is 1.12 bits per heavy atom. The molecule has 0 unspecified atom stereocenters. The maximum absolute atomic E-state index is 12.6. The second-order valence-corrected chi connectivity index (χ2v) is 7.83. The van der Waals surface area contributed by atoms with Gasteiger partial charge in [-0.05, 0) is 48.9 Å². The van der Waals surface area contributed by atoms with Crippen molar-refractivity contribution in [3.63, 3.8) is 0 Å². The van der Waals surface area contributed by atoms with Crippen LogP contribution in [0.15, 0.2) is 41.4 Å². The topological polar surface area (TPSA) is 88.4 Å². The van der Waals surface area contributed by atoms with Crippen LogP contribution in [0.5, 0.6) is 17.2 Å². The summed E-state index contributed by atoms with van der Waals surface area (Å²) in [4.78, 5) is 29.3. The fourth-order valence-corrected chi connectivity index (χ4v) is 4.31. The van der Waals surface area contributed by atoms with Crippen LogP contribution in [-0.4, -0.2) is 44.4 Å². The second kappa shape index (κ2) is 11.2. The molecular formula is C25H24N2O6S. The number of nitrogens with zero attached hydrogens (tertiary/aromatic N) is 2. The molecule has 0 aliphatic heterocycles. The molecule has 3 rings (SSSR count). The highest BCUT2D eigenvalue weighted by molar-refractivity contribution is 7.16. The van der Waals surface area contributed by atoms with E-state index in [4.69, 9.17) is 25.4 Å². The van der Waals surface area contributed by atoms with Crippen LogP contribution in [-0.2, 0) is 16.1 Å². The fourth-order valence-electron chi connectivity index (χ4n) is 3.24. The molecule has 1 heterocycles. The van der Waals surface area contributed by atoms with E-state index in [1.807, 2.05) is 0 Å². The van der Waals surface area contributed by atoms with Crippen molar-refractivity contribution < 1.29 is 28.5 Å². The van der Waals surface area contributed by atoms with Gasteiger partial charge in [-0.25, -0.2) is 4.79 Å². The van der Waals surface area contributed by atoms with E-state index in [2.05, 4.69) is 10.9 Å². The van der Waals surface area contributed by atoms with Gasteiger partial charge >= 0.3 is 5.97 Å². The number of carbonyl (C=O) groups excluding carboxylic acids is 2. The molecule has 0 radical (unpaired) electrons. The van der Waals surface area contributed by atoms with Gasteiger partial charge in [-0.2, -0.15) is 4.99 Å². The number of fused-ring (bicyclic) bond motifs is 1. The van der Waals surface area contributed by atoms with E-state index in [0.29, 0.717) is 33.2 Å². The fraction of sp³-hybridized carbons (Fsp3) is 0.240. The zero-order valence-electron chi connectivity index (χ0n) is 19.3. The number of esters is 1. The minimum absolute atomic E-state index is 0.224. The Labute approximate surface area is 201 Å². The predicted octanol–water partition coefficient (Wildman–Crippen LogP) is 3.68. The van der Waals surface area contributed by atoms with Gasteiger partial charge in [0.25, 0.3) is 5.91 Å². The molecule has 0 saturated heterocycles. The van der Waals surface area contributed by atoms with Crippen molar-refractivity contribution in [2.75, 3.05) is 27.9 Å². The van der Waals surface area contributed by atoms with Gasteiger partial charge in [0.05, 0.1) is 50.3 Å². The maximum Gasteiger partial charge on any atom is 0.338 e. The van der Waals surface area contributed by atoms with Gasteiger partial charge in [-0.3, -0.25) is 4.79 Å². The first-order valence-electron chi connectivity index (χ1n) is 10.3. The van der Waals surface area contributed by atoms with E-state index in [0.717, 1.165) is 10.2 Å². The van der Waals surface area contributed by atoms with Crippen LogP contribution < -0.4 is 19.0 Å². The van der Waals surface area contributed by atoms with E-state index in [1.54, 1.807) is 47.9 Å². The van der Waals surface area contributed by atoms with Crippen LogP contribution in [0.1, 0.15) is 22.8 Å². The van der Waals surface area contributed by atoms with Crippen molar-refractivity contribution in [1.29, 1.82) is 0 Å². The maximum atomic E-state index is 12.6. The average molecular weight is 481 g/mol. The molecular weight excluding hydrogens is 456 g/mol. The lowest BCUT2D eigenvalue weighted by molar-refractivity contribution is -0.113. The molecule has 2 aromatic carbocycles. The predicted molar refractivity (Wildman–Crippen MR) is 130 cm³/mol. The quantitative estimate of drug-likeness (QED) is 0.278. The Morgan fingerprint density at radius 2 is 1.82 bits per heavy atom. The first kappa shape index (κ1) is 24.6. The third-order valence-corrected chi connectivity index (χ3v) is 5.80. The largest absolute Gasteiger partial charge is 0.493 e. The summed E-state index contributed by atoms with van der Waals surface area (Å²) >= 11 is 1.26. The molecule has 0 saturated carbocycles. The normalized spacial score (nSPS) is 11.4. The summed E-state index contributed by atoms with van der Waals surface area (Å²) in [7, 11) is 4.55. The number of rotatable bonds is 8. The van der Waals surface area contributed by atoms with E-state index in [-0.39, 0.29) is 13.2 Å². The third kappa shape index (κ3) is 5.30. The number of methoxy groups -OCH3 is 3. The number of ether oxygens (including phenoxy) is 4. The van der Waals surface area contributed by atoms with Crippen molar-refractivity contribution in [2.24, 2.45) is 4.99 Å². The van der Waals surface area contributed by atoms with Crippen LogP contribution in [0.25, 0.3) is 16.3 Å². The van der Waals surface area contributed by atoms with Gasteiger partial charge in [0.15, 0.2) is 16.3 Å². The molecule has 0 aliphatic rings. The smallest absolute Gasteiger partial charge is 0.338 e. The number of terminal acetylenes is 1. The summed E-state index contributed by atoms with van der Waals surface area (Å²) < 4.78 is 23.6. The Morgan fingerprint density at radius 3 is 2.41 bits per heavy atom. The van der Waals surface area contributed by atoms with Crippen LogP contribution in [0.2, 0.25) is 0 Å². The minimum atomic E-state index is -0.475. The van der Waals surface area contributed by atoms with Crippen LogP contribution in [0.4, 0.5) is 0 Å². The second-order valence-electron chi connectivity index (χ2n) is 6.82. The molecule has 0 spiro atoms. The van der Waals surface area contributed by atoms with Crippen LogP contribution >= 0.6 is 11.3 Å². The molecule has 0 atom stereocenters. The highest BCUT2D eigenvalue weighted by Gasteiger charge is 2.13. The Balaban J connectivity index is 1.98. The Bertz CT molecular complexity index is 1330. The molecule has 0 fully saturated rings. The Kier molecular flexibility index (Phi) is 8.11. The van der Waals surface area contributed by atoms with E-state index in [9.17, 15) is 9.59 Å². The lowest BCUT2D eigenvalue weighted by atomic mass is 10.1. The van der Waals surface area contributed by atoms with Crippen molar-refractivity contribution in [2.45, 2.75) is 13.5 Å². The number of hydrogen-bond acceptors (Lipinski definition) is 7. The van der Waals surface area contributed by atoms with Crippen molar-refractivity contribution in [3.05, 3.63) is 52.3 Å². The number of thiazole rings is 1. The summed E-state index contributed by atoms with van der Waals surface area (Å²) in [6.07, 6.45) is 8.47. The number of aromatic nitrogens is 1. The summed E-state index contributed by atoms with van der Waals surface area (Å²) in [6, 6.07) is 8.58. The minimum Gasteiger partial charge on any atom is -0.493 e. The monoisotopic (exact) mass is 480 g/mol. The molecule has 34 heavy (non-hydrogen) atoms. The zero-order valence-corrected chi connectivity index (χ0v) is 20.1. The molecule has 0 bridgehead atoms. The lowest BCUT2D eigenvalue weighted by Crippen LogP contribution is -2.15. The molecule has 9 heteroatoms. The molecule has 0 N–H and O–H groups in total. The van der Waals surface area contributed by atoms with E-state index in [1.165, 1.54) is 38.7 Å². The first-order valence-corrected chi connectivity index (χ1v) is 11.1. The van der Waals surface area contributed by atoms with Crippen molar-refractivity contribution >= 4 is 39.5 Å². The molecule has 176 valence electrons. The number of carbonyl (C=O) groups is 2. The van der Waals surface area contributed by atoms with Crippen LogP contribution in [0, 0.1) is 12.3 Å². The van der Waals surface area contributed by atoms with Gasteiger partial charge in [0.1, 0.15) is 0 Å². The van der Waals surface area contributed by atoms with Gasteiger partial charge in [0.2, 0.25) is 5.75 Å². The van der Waals surface area contributed by atoms with Gasteiger partial charge in [-0.15, -0.1) is 6.42 Å². The van der Waals surface area contributed by atoms with Gasteiger partial charge < -0.3 is 23.5 Å². The van der Waals surface area contributed by atoms with Gasteiger partial charge in [0, 0.05) is 6.08 Å². The summed E-state index contributed by atoms with van der Waals surface area (Å²) in [6.45, 7) is 2.25. The number of amides is 1. The van der Waals surface area contributed by atoms with E-state index >= 15 is 0 Å². The molecule has 1 aromatic heterocycles. The summed E-state index contributed by atoms with van der Waals surface area (Å²) in [5.74, 6) is 3.09. The van der Waals surface area contributed by atoms with Crippen molar-refractivity contribution in [3.8, 4) is 29.6 Å². The molecule has 3 aromatic rings. The molecule has 8 nitrogen and oxygen atoms in total. The average Bonchev–Trinajstić information content (AvgIpc) is 3.18. The SMILES string of the molecule is C#CCn1c(=NC(=O)C=Cc2cc(OC)c(OC)c(OC)c2)sc2cc(C(=O)OCC)ccc21. The summed E-state index contributed by atoms with van der Waals surface area (Å²) in [5.41, 5.74) is 1.87. The number of benzene rings is 2. The van der Waals surface area contributed by atoms with E-state index < -0.39 is 11.9 Å². The number of hydrogen-bond donors (Lipinski definition) is 0. The standard InChI is InChI=1S/C25H24N2O6S/c1-6-12-27-18-10-9-17(24(29)33-7-2)15-21(18)34-25(27)26-22(28)11-8-16-13-19(30-3)23(32-5)20(14-16)31-4/h1,8-11,13-15H,7,12H2,2-5H3. The highest BCUT2D eigenvalue weighted by atomic mass is 32.1. The highest BCUT2D eigenvalue weighted by Crippen LogP contribution is 2.38. The first-order chi connectivity index (χ1) is 16.4. The third-order valence-electron chi connectivity index (χ3n) is 4.75. The zero-order chi connectivity index (χ0) is 24.7. The molecule has 1 amide bonds. The lowest BCUT2D eigenvalue weighted by Gasteiger charge is -2.12. The molecule has 0 aliphatic carbocycles. The van der Waals surface area contributed by atoms with Gasteiger partial charge in [-0.1, -0.05) is 17.3 Å². The van der Waals surface area contributed by atoms with Crippen molar-refractivity contribution in [1.82, 2.24) is 4.57 Å². The summed E-state index contributed by atoms with van der Waals surface area (Å²) in [5, 5.41) is 0. The van der Waals surface area contributed by atoms with Crippen LogP contribution in [0.3, 0.4) is 0 Å².